The maximum absolute atomic E-state index is 13.3. The molecule has 90 valence electrons. The van der Waals surface area contributed by atoms with E-state index >= 15 is 0 Å². The van der Waals surface area contributed by atoms with Crippen molar-refractivity contribution >= 4 is 0 Å². The highest BCUT2D eigenvalue weighted by Crippen LogP contribution is 2.12. The van der Waals surface area contributed by atoms with Gasteiger partial charge in [0, 0.05) is 12.5 Å². The van der Waals surface area contributed by atoms with E-state index < -0.39 is 17.7 Å². The molecular formula is C11H11F2N3O. The highest BCUT2D eigenvalue weighted by Gasteiger charge is 2.11. The lowest BCUT2D eigenvalue weighted by atomic mass is 10.1. The molecule has 0 aliphatic rings. The molecule has 1 N–H and O–H groups in total. The van der Waals surface area contributed by atoms with Crippen LogP contribution in [0.2, 0.25) is 0 Å². The van der Waals surface area contributed by atoms with E-state index in [9.17, 15) is 13.9 Å². The van der Waals surface area contributed by atoms with Crippen LogP contribution in [0.5, 0.6) is 0 Å². The van der Waals surface area contributed by atoms with E-state index in [4.69, 9.17) is 0 Å². The van der Waals surface area contributed by atoms with Crippen LogP contribution in [0.15, 0.2) is 30.9 Å². The van der Waals surface area contributed by atoms with Gasteiger partial charge in [-0.3, -0.25) is 4.68 Å². The van der Waals surface area contributed by atoms with Crippen LogP contribution in [0.3, 0.4) is 0 Å². The zero-order chi connectivity index (χ0) is 12.3. The highest BCUT2D eigenvalue weighted by atomic mass is 19.1. The fourth-order valence-electron chi connectivity index (χ4n) is 1.55. The number of hydrogen-bond acceptors (Lipinski definition) is 3. The highest BCUT2D eigenvalue weighted by molar-refractivity contribution is 5.19. The van der Waals surface area contributed by atoms with Crippen molar-refractivity contribution in [3.63, 3.8) is 0 Å². The van der Waals surface area contributed by atoms with Gasteiger partial charge in [0.05, 0.1) is 12.6 Å². The van der Waals surface area contributed by atoms with E-state index in [2.05, 4.69) is 10.1 Å². The molecule has 0 amide bonds. The lowest BCUT2D eigenvalue weighted by molar-refractivity contribution is 0.148. The summed E-state index contributed by atoms with van der Waals surface area (Å²) in [5.74, 6) is -1.28. The van der Waals surface area contributed by atoms with Gasteiger partial charge in [-0.25, -0.2) is 13.8 Å². The van der Waals surface area contributed by atoms with Crippen LogP contribution in [0, 0.1) is 11.6 Å². The lowest BCUT2D eigenvalue weighted by Gasteiger charge is -2.10. The zero-order valence-corrected chi connectivity index (χ0v) is 8.92. The van der Waals surface area contributed by atoms with Crippen LogP contribution >= 0.6 is 0 Å². The van der Waals surface area contributed by atoms with Crippen LogP contribution in [-0.4, -0.2) is 26.0 Å². The summed E-state index contributed by atoms with van der Waals surface area (Å²) in [5.41, 5.74) is 0.277. The summed E-state index contributed by atoms with van der Waals surface area (Å²) in [5, 5.41) is 13.5. The number of aliphatic hydroxyl groups is 1. The Morgan fingerprint density at radius 2 is 2.18 bits per heavy atom. The third-order valence-electron chi connectivity index (χ3n) is 2.34. The molecule has 1 unspecified atom stereocenters. The number of aromatic nitrogens is 3. The molecule has 1 aromatic carbocycles. The normalized spacial score (nSPS) is 12.6. The molecule has 0 saturated carbocycles. The van der Waals surface area contributed by atoms with E-state index in [1.807, 2.05) is 0 Å². The molecule has 4 nitrogen and oxygen atoms in total. The van der Waals surface area contributed by atoms with E-state index in [1.165, 1.54) is 29.5 Å². The van der Waals surface area contributed by atoms with Gasteiger partial charge in [-0.2, -0.15) is 5.10 Å². The minimum absolute atomic E-state index is 0.103. The Bertz CT molecular complexity index is 487. The van der Waals surface area contributed by atoms with Crippen LogP contribution in [0.4, 0.5) is 8.78 Å². The first-order valence-corrected chi connectivity index (χ1v) is 5.09. The van der Waals surface area contributed by atoms with E-state index in [0.29, 0.717) is 0 Å². The molecule has 2 aromatic rings. The van der Waals surface area contributed by atoms with Crippen molar-refractivity contribution in [2.45, 2.75) is 19.1 Å². The summed E-state index contributed by atoms with van der Waals surface area (Å²) in [6, 6.07) is 3.30. The predicted molar refractivity (Wildman–Crippen MR) is 56.1 cm³/mol. The van der Waals surface area contributed by atoms with E-state index in [1.54, 1.807) is 0 Å². The number of benzene rings is 1. The Hall–Kier alpha value is -1.82. The van der Waals surface area contributed by atoms with Crippen molar-refractivity contribution in [2.24, 2.45) is 0 Å². The number of hydrogen-bond donors (Lipinski definition) is 1. The van der Waals surface area contributed by atoms with Gasteiger partial charge in [0.2, 0.25) is 0 Å². The molecule has 1 atom stereocenters. The minimum Gasteiger partial charge on any atom is -0.391 e. The second kappa shape index (κ2) is 5.01. The lowest BCUT2D eigenvalue weighted by Crippen LogP contribution is -2.19. The number of aliphatic hydroxyl groups excluding tert-OH is 1. The Balaban J connectivity index is 2.00. The monoisotopic (exact) mass is 239 g/mol. The summed E-state index contributed by atoms with van der Waals surface area (Å²) in [6.07, 6.45) is 2.12. The maximum atomic E-state index is 13.3. The van der Waals surface area contributed by atoms with Crippen molar-refractivity contribution in [1.82, 2.24) is 14.8 Å². The van der Waals surface area contributed by atoms with Gasteiger partial charge in [-0.15, -0.1) is 0 Å². The van der Waals surface area contributed by atoms with E-state index in [-0.39, 0.29) is 18.5 Å². The maximum Gasteiger partial charge on any atom is 0.137 e. The topological polar surface area (TPSA) is 50.9 Å². The minimum atomic E-state index is -0.795. The fraction of sp³-hybridized carbons (Fsp3) is 0.273. The smallest absolute Gasteiger partial charge is 0.137 e. The molecule has 0 aliphatic heterocycles. The first-order valence-electron chi connectivity index (χ1n) is 5.09. The van der Waals surface area contributed by atoms with Crippen LogP contribution in [0.25, 0.3) is 0 Å². The van der Waals surface area contributed by atoms with Crippen LogP contribution in [0.1, 0.15) is 5.56 Å². The van der Waals surface area contributed by atoms with Gasteiger partial charge < -0.3 is 5.11 Å². The molecule has 17 heavy (non-hydrogen) atoms. The van der Waals surface area contributed by atoms with Gasteiger partial charge >= 0.3 is 0 Å². The average Bonchev–Trinajstić information content (AvgIpc) is 2.75. The molecular weight excluding hydrogens is 228 g/mol. The Kier molecular flexibility index (Phi) is 3.43. The summed E-state index contributed by atoms with van der Waals surface area (Å²) < 4.78 is 27.4. The van der Waals surface area contributed by atoms with Gasteiger partial charge in [0.15, 0.2) is 0 Å². The zero-order valence-electron chi connectivity index (χ0n) is 8.92. The second-order valence-electron chi connectivity index (χ2n) is 3.71. The standard InChI is InChI=1S/C11H11F2N3O/c12-9-2-1-8(11(13)4-9)3-10(17)5-16-7-14-6-15-16/h1-2,4,6-7,10,17H,3,5H2. The van der Waals surface area contributed by atoms with Crippen molar-refractivity contribution < 1.29 is 13.9 Å². The number of halogens is 2. The summed E-state index contributed by atoms with van der Waals surface area (Å²) >= 11 is 0. The third-order valence-corrected chi connectivity index (χ3v) is 2.34. The summed E-state index contributed by atoms with van der Waals surface area (Å²) in [4.78, 5) is 3.73. The van der Waals surface area contributed by atoms with Gasteiger partial charge in [0.1, 0.15) is 24.3 Å². The summed E-state index contributed by atoms with van der Waals surface area (Å²) in [6.45, 7) is 0.219. The number of nitrogens with zero attached hydrogens (tertiary/aromatic N) is 3. The largest absolute Gasteiger partial charge is 0.391 e. The van der Waals surface area contributed by atoms with Gasteiger partial charge in [0.25, 0.3) is 0 Å². The molecule has 0 spiro atoms. The van der Waals surface area contributed by atoms with Crippen LogP contribution in [-0.2, 0) is 13.0 Å². The molecule has 1 aromatic heterocycles. The van der Waals surface area contributed by atoms with Crippen molar-refractivity contribution in [2.75, 3.05) is 0 Å². The average molecular weight is 239 g/mol. The van der Waals surface area contributed by atoms with Crippen LogP contribution < -0.4 is 0 Å². The van der Waals surface area contributed by atoms with Crippen molar-refractivity contribution in [3.8, 4) is 0 Å². The summed E-state index contributed by atoms with van der Waals surface area (Å²) in [7, 11) is 0. The third kappa shape index (κ3) is 3.07. The Morgan fingerprint density at radius 1 is 1.35 bits per heavy atom. The quantitative estimate of drug-likeness (QED) is 0.871. The number of rotatable bonds is 4. The molecule has 0 saturated heterocycles. The van der Waals surface area contributed by atoms with Gasteiger partial charge in [-0.1, -0.05) is 6.07 Å². The molecule has 0 bridgehead atoms. The predicted octanol–water partition coefficient (Wildman–Crippen LogP) is 1.16. The van der Waals surface area contributed by atoms with E-state index in [0.717, 1.165) is 6.07 Å². The molecule has 6 heteroatoms. The molecule has 2 rings (SSSR count). The molecule has 0 aliphatic carbocycles. The van der Waals surface area contributed by atoms with Crippen molar-refractivity contribution in [1.29, 1.82) is 0 Å². The molecule has 1 heterocycles. The molecule has 0 fully saturated rings. The fourth-order valence-corrected chi connectivity index (χ4v) is 1.55. The first kappa shape index (κ1) is 11.7. The van der Waals surface area contributed by atoms with Crippen molar-refractivity contribution in [3.05, 3.63) is 48.1 Å². The first-order chi connectivity index (χ1) is 8.15. The Morgan fingerprint density at radius 3 is 2.82 bits per heavy atom. The second-order valence-corrected chi connectivity index (χ2v) is 3.71. The Labute approximate surface area is 96.5 Å². The SMILES string of the molecule is OC(Cc1ccc(F)cc1F)Cn1cncn1. The molecule has 0 radical (unpaired) electrons. The van der Waals surface area contributed by atoms with Gasteiger partial charge in [-0.05, 0) is 11.6 Å².